The molecule has 3 amide bonds. The normalized spacial score (nSPS) is 14.4. The first-order valence-electron chi connectivity index (χ1n) is 13.3. The number of likely N-dealkylation sites (tertiary alicyclic amines) is 1. The van der Waals surface area contributed by atoms with Crippen LogP contribution in [0, 0.1) is 6.92 Å². The van der Waals surface area contributed by atoms with E-state index in [4.69, 9.17) is 9.47 Å². The molecule has 0 bridgehead atoms. The molecule has 0 aliphatic carbocycles. The van der Waals surface area contributed by atoms with Gasteiger partial charge in [-0.2, -0.15) is 0 Å². The smallest absolute Gasteiger partial charge is 0.356 e. The van der Waals surface area contributed by atoms with E-state index in [2.05, 4.69) is 15.6 Å². The van der Waals surface area contributed by atoms with Crippen LogP contribution < -0.4 is 20.3 Å². The van der Waals surface area contributed by atoms with Crippen molar-refractivity contribution >= 4 is 35.0 Å². The fraction of sp³-hybridized carbons (Fsp3) is 0.333. The van der Waals surface area contributed by atoms with E-state index in [-0.39, 0.29) is 36.8 Å². The minimum absolute atomic E-state index is 0.00879. The summed E-state index contributed by atoms with van der Waals surface area (Å²) in [5.41, 5.74) is 4.01. The Morgan fingerprint density at radius 2 is 1.85 bits per heavy atom. The Balaban J connectivity index is 1.40. The third-order valence-electron chi connectivity index (χ3n) is 6.89. The first-order chi connectivity index (χ1) is 19.3. The number of amides is 3. The summed E-state index contributed by atoms with van der Waals surface area (Å²) in [7, 11) is 3.45. The summed E-state index contributed by atoms with van der Waals surface area (Å²) < 4.78 is 10.5. The topological polar surface area (TPSA) is 113 Å². The summed E-state index contributed by atoms with van der Waals surface area (Å²) in [6.45, 7) is 4.61. The quantitative estimate of drug-likeness (QED) is 0.370. The molecule has 0 radical (unpaired) electrons. The van der Waals surface area contributed by atoms with Crippen molar-refractivity contribution in [3.05, 3.63) is 77.6 Å². The van der Waals surface area contributed by atoms with Gasteiger partial charge in [0, 0.05) is 19.3 Å². The van der Waals surface area contributed by atoms with Crippen LogP contribution in [0.2, 0.25) is 0 Å². The SMILES string of the molecule is CCOC(=O)c1ccc(N(C)C2CCCN2C(=O)Cc2ccc(NC(=O)Nc3ccccc3C)c(OC)c2)cn1. The van der Waals surface area contributed by atoms with Gasteiger partial charge in [-0.25, -0.2) is 14.6 Å². The van der Waals surface area contributed by atoms with E-state index in [0.29, 0.717) is 18.0 Å². The van der Waals surface area contributed by atoms with Crippen LogP contribution in [0.3, 0.4) is 0 Å². The van der Waals surface area contributed by atoms with Gasteiger partial charge in [-0.05, 0) is 68.1 Å². The molecule has 1 saturated heterocycles. The molecule has 10 heteroatoms. The molecule has 40 heavy (non-hydrogen) atoms. The Morgan fingerprint density at radius 1 is 1.07 bits per heavy atom. The number of para-hydroxylation sites is 1. The maximum atomic E-state index is 13.4. The Hall–Kier alpha value is -4.60. The zero-order valence-electron chi connectivity index (χ0n) is 23.3. The van der Waals surface area contributed by atoms with Crippen LogP contribution in [0.15, 0.2) is 60.8 Å². The molecule has 1 atom stereocenters. The Morgan fingerprint density at radius 3 is 2.55 bits per heavy atom. The van der Waals surface area contributed by atoms with Gasteiger partial charge < -0.3 is 29.9 Å². The van der Waals surface area contributed by atoms with Crippen LogP contribution in [0.5, 0.6) is 5.75 Å². The number of aromatic nitrogens is 1. The van der Waals surface area contributed by atoms with E-state index in [1.165, 1.54) is 7.11 Å². The van der Waals surface area contributed by atoms with Gasteiger partial charge in [-0.1, -0.05) is 24.3 Å². The molecule has 4 rings (SSSR count). The number of esters is 1. The molecule has 1 aliphatic rings. The molecule has 2 aromatic carbocycles. The Bertz CT molecular complexity index is 1360. The summed E-state index contributed by atoms with van der Waals surface area (Å²) >= 11 is 0. The number of nitrogens with zero attached hydrogens (tertiary/aromatic N) is 3. The second-order valence-electron chi connectivity index (χ2n) is 9.55. The number of nitrogens with one attached hydrogen (secondary N) is 2. The highest BCUT2D eigenvalue weighted by atomic mass is 16.5. The highest BCUT2D eigenvalue weighted by Gasteiger charge is 2.32. The van der Waals surface area contributed by atoms with Gasteiger partial charge in [0.15, 0.2) is 0 Å². The van der Waals surface area contributed by atoms with Gasteiger partial charge in [0.05, 0.1) is 37.7 Å². The van der Waals surface area contributed by atoms with Crippen LogP contribution in [0.25, 0.3) is 0 Å². The summed E-state index contributed by atoms with van der Waals surface area (Å²) in [5.74, 6) is -0.00320. The monoisotopic (exact) mass is 545 g/mol. The van der Waals surface area contributed by atoms with Crippen molar-refractivity contribution in [1.29, 1.82) is 0 Å². The molecule has 1 aromatic heterocycles. The third-order valence-corrected chi connectivity index (χ3v) is 6.89. The highest BCUT2D eigenvalue weighted by Crippen LogP contribution is 2.29. The highest BCUT2D eigenvalue weighted by molar-refractivity contribution is 6.01. The number of carbonyl (C=O) groups excluding carboxylic acids is 3. The Labute approximate surface area is 234 Å². The summed E-state index contributed by atoms with van der Waals surface area (Å²) in [4.78, 5) is 46.0. The first kappa shape index (κ1) is 28.4. The molecular formula is C30H35N5O5. The second kappa shape index (κ2) is 13.0. The van der Waals surface area contributed by atoms with E-state index in [0.717, 1.165) is 35.3 Å². The molecule has 1 fully saturated rings. The number of hydrogen-bond donors (Lipinski definition) is 2. The number of ether oxygens (including phenoxy) is 2. The molecule has 3 aromatic rings. The number of rotatable bonds is 9. The molecule has 210 valence electrons. The number of benzene rings is 2. The maximum absolute atomic E-state index is 13.4. The van der Waals surface area contributed by atoms with Gasteiger partial charge in [-0.15, -0.1) is 0 Å². The number of methoxy groups -OCH3 is 1. The largest absolute Gasteiger partial charge is 0.495 e. The summed E-state index contributed by atoms with van der Waals surface area (Å²) in [6, 6.07) is 15.9. The van der Waals surface area contributed by atoms with Crippen molar-refractivity contribution in [2.45, 2.75) is 39.3 Å². The lowest BCUT2D eigenvalue weighted by molar-refractivity contribution is -0.131. The maximum Gasteiger partial charge on any atom is 0.356 e. The van der Waals surface area contributed by atoms with E-state index >= 15 is 0 Å². The average molecular weight is 546 g/mol. The van der Waals surface area contributed by atoms with Crippen molar-refractivity contribution in [3.63, 3.8) is 0 Å². The molecule has 10 nitrogen and oxygen atoms in total. The number of carbonyl (C=O) groups is 3. The van der Waals surface area contributed by atoms with E-state index in [1.54, 1.807) is 31.3 Å². The first-order valence-corrected chi connectivity index (χ1v) is 13.3. The van der Waals surface area contributed by atoms with Crippen LogP contribution in [0.4, 0.5) is 21.9 Å². The molecular weight excluding hydrogens is 510 g/mol. The Kier molecular flexibility index (Phi) is 9.21. The van der Waals surface area contributed by atoms with Crippen LogP contribution >= 0.6 is 0 Å². The van der Waals surface area contributed by atoms with Gasteiger partial charge in [0.25, 0.3) is 0 Å². The fourth-order valence-electron chi connectivity index (χ4n) is 4.75. The van der Waals surface area contributed by atoms with Gasteiger partial charge in [0.2, 0.25) is 5.91 Å². The predicted octanol–water partition coefficient (Wildman–Crippen LogP) is 4.85. The van der Waals surface area contributed by atoms with Crippen molar-refractivity contribution in [1.82, 2.24) is 9.88 Å². The van der Waals surface area contributed by atoms with Crippen LogP contribution in [0.1, 0.15) is 41.4 Å². The van der Waals surface area contributed by atoms with Crippen molar-refractivity contribution in [3.8, 4) is 5.75 Å². The van der Waals surface area contributed by atoms with Gasteiger partial charge in [0.1, 0.15) is 17.6 Å². The standard InChI is InChI=1S/C30H35N5O5/c1-5-40-29(37)25-15-13-22(19-31-25)34(3)27-11-8-16-35(27)28(36)18-21-12-14-24(26(17-21)39-4)33-30(38)32-23-10-7-6-9-20(23)2/h6-7,9-10,12-15,17,19,27H,5,8,11,16,18H2,1-4H3,(H2,32,33,38). The molecule has 0 saturated carbocycles. The zero-order valence-corrected chi connectivity index (χ0v) is 23.3. The van der Waals surface area contributed by atoms with E-state index < -0.39 is 5.97 Å². The number of aryl methyl sites for hydroxylation is 1. The van der Waals surface area contributed by atoms with Crippen molar-refractivity contribution in [2.24, 2.45) is 0 Å². The minimum atomic E-state index is -0.460. The number of pyridine rings is 1. The third kappa shape index (κ3) is 6.69. The van der Waals surface area contributed by atoms with Gasteiger partial charge >= 0.3 is 12.0 Å². The average Bonchev–Trinajstić information content (AvgIpc) is 3.45. The minimum Gasteiger partial charge on any atom is -0.495 e. The lowest BCUT2D eigenvalue weighted by atomic mass is 10.1. The predicted molar refractivity (Wildman–Crippen MR) is 154 cm³/mol. The molecule has 2 heterocycles. The van der Waals surface area contributed by atoms with Crippen molar-refractivity contribution < 1.29 is 23.9 Å². The zero-order chi connectivity index (χ0) is 28.6. The number of hydrogen-bond acceptors (Lipinski definition) is 7. The van der Waals surface area contributed by atoms with Crippen molar-refractivity contribution in [2.75, 3.05) is 42.8 Å². The van der Waals surface area contributed by atoms with Crippen LogP contribution in [-0.2, 0) is 16.0 Å². The van der Waals surface area contributed by atoms with E-state index in [9.17, 15) is 14.4 Å². The van der Waals surface area contributed by atoms with Gasteiger partial charge in [-0.3, -0.25) is 4.79 Å². The molecule has 0 spiro atoms. The summed E-state index contributed by atoms with van der Waals surface area (Å²) in [6.07, 6.45) is 3.40. The summed E-state index contributed by atoms with van der Waals surface area (Å²) in [5, 5.41) is 5.66. The lowest BCUT2D eigenvalue weighted by Crippen LogP contribution is -2.46. The lowest BCUT2D eigenvalue weighted by Gasteiger charge is -2.34. The number of anilines is 3. The fourth-order valence-corrected chi connectivity index (χ4v) is 4.75. The number of urea groups is 1. The molecule has 1 unspecified atom stereocenters. The molecule has 1 aliphatic heterocycles. The second-order valence-corrected chi connectivity index (χ2v) is 9.55. The molecule has 2 N–H and O–H groups in total. The van der Waals surface area contributed by atoms with Crippen LogP contribution in [-0.4, -0.2) is 61.3 Å². The van der Waals surface area contributed by atoms with E-state index in [1.807, 2.05) is 60.2 Å².